The maximum atomic E-state index is 9.57. The molecule has 0 radical (unpaired) electrons. The van der Waals surface area contributed by atoms with Crippen molar-refractivity contribution in [3.63, 3.8) is 0 Å². The minimum absolute atomic E-state index is 0.104. The van der Waals surface area contributed by atoms with Crippen LogP contribution in [0.4, 0.5) is 5.82 Å². The van der Waals surface area contributed by atoms with E-state index in [0.29, 0.717) is 16.4 Å². The highest BCUT2D eigenvalue weighted by Crippen LogP contribution is 2.20. The molecule has 1 aromatic heterocycles. The molecule has 0 bridgehead atoms. The number of hydrogen-bond donors (Lipinski definition) is 1. The molecular weight excluding hydrogens is 224 g/mol. The van der Waals surface area contributed by atoms with Crippen LogP contribution >= 0.6 is 11.6 Å². The van der Waals surface area contributed by atoms with Crippen LogP contribution in [0.5, 0.6) is 5.75 Å². The van der Waals surface area contributed by atoms with Gasteiger partial charge < -0.3 is 5.11 Å². The van der Waals surface area contributed by atoms with Gasteiger partial charge in [-0.15, -0.1) is 0 Å². The Kier molecular flexibility index (Phi) is 3.17. The van der Waals surface area contributed by atoms with Gasteiger partial charge in [0.2, 0.25) is 0 Å². The van der Waals surface area contributed by atoms with Crippen LogP contribution in [0.3, 0.4) is 0 Å². The number of phenols is 1. The Morgan fingerprint density at radius 3 is 2.81 bits per heavy atom. The number of hydrogen-bond acceptors (Lipinski definition) is 3. The number of aliphatic imine (C=N–C) groups is 1. The van der Waals surface area contributed by atoms with E-state index in [4.69, 9.17) is 11.6 Å². The Balaban J connectivity index is 2.24. The molecule has 0 spiro atoms. The van der Waals surface area contributed by atoms with Gasteiger partial charge in [-0.2, -0.15) is 0 Å². The van der Waals surface area contributed by atoms with E-state index in [1.165, 1.54) is 6.07 Å². The Hall–Kier alpha value is -1.87. The first-order chi connectivity index (χ1) is 7.75. The summed E-state index contributed by atoms with van der Waals surface area (Å²) in [6.07, 6.45) is 3.21. The monoisotopic (exact) mass is 232 g/mol. The van der Waals surface area contributed by atoms with Gasteiger partial charge >= 0.3 is 0 Å². The first-order valence-corrected chi connectivity index (χ1v) is 5.07. The van der Waals surface area contributed by atoms with E-state index in [9.17, 15) is 5.11 Å². The summed E-state index contributed by atoms with van der Waals surface area (Å²) in [4.78, 5) is 8.16. The third-order valence-electron chi connectivity index (χ3n) is 1.98. The highest BCUT2D eigenvalue weighted by Gasteiger charge is 1.98. The van der Waals surface area contributed by atoms with Gasteiger partial charge in [0.15, 0.2) is 5.82 Å². The molecule has 1 heterocycles. The number of halogens is 1. The van der Waals surface area contributed by atoms with Crippen molar-refractivity contribution in [1.82, 2.24) is 4.98 Å². The zero-order chi connectivity index (χ0) is 11.4. The number of pyridine rings is 1. The van der Waals surface area contributed by atoms with Crippen LogP contribution in [0.2, 0.25) is 5.02 Å². The predicted octanol–water partition coefficient (Wildman–Crippen LogP) is 3.19. The lowest BCUT2D eigenvalue weighted by Crippen LogP contribution is -1.82. The molecule has 0 atom stereocenters. The van der Waals surface area contributed by atoms with E-state index in [0.717, 1.165) is 0 Å². The van der Waals surface area contributed by atoms with Gasteiger partial charge in [-0.05, 0) is 30.3 Å². The van der Waals surface area contributed by atoms with Gasteiger partial charge in [0, 0.05) is 23.0 Å². The summed E-state index contributed by atoms with van der Waals surface area (Å²) in [5, 5.41) is 10.1. The van der Waals surface area contributed by atoms with Crippen molar-refractivity contribution in [1.29, 1.82) is 0 Å². The zero-order valence-electron chi connectivity index (χ0n) is 8.34. The van der Waals surface area contributed by atoms with Crippen LogP contribution < -0.4 is 0 Å². The Morgan fingerprint density at radius 2 is 2.12 bits per heavy atom. The van der Waals surface area contributed by atoms with E-state index in [-0.39, 0.29) is 5.75 Å². The second-order valence-electron chi connectivity index (χ2n) is 3.15. The maximum absolute atomic E-state index is 9.57. The molecule has 16 heavy (non-hydrogen) atoms. The summed E-state index contributed by atoms with van der Waals surface area (Å²) >= 11 is 5.72. The van der Waals surface area contributed by atoms with Crippen LogP contribution in [0.15, 0.2) is 47.6 Å². The fourth-order valence-corrected chi connectivity index (χ4v) is 1.36. The summed E-state index contributed by atoms with van der Waals surface area (Å²) in [5.41, 5.74) is 0.607. The second-order valence-corrected chi connectivity index (χ2v) is 3.59. The molecule has 0 aliphatic rings. The van der Waals surface area contributed by atoms with E-state index >= 15 is 0 Å². The molecule has 1 aromatic carbocycles. The normalized spacial score (nSPS) is 10.8. The number of aromatic hydroxyl groups is 1. The summed E-state index contributed by atoms with van der Waals surface area (Å²) < 4.78 is 0. The third-order valence-corrected chi connectivity index (χ3v) is 2.21. The lowest BCUT2D eigenvalue weighted by Gasteiger charge is -1.98. The molecular formula is C12H9ClN2O. The quantitative estimate of drug-likeness (QED) is 0.809. The van der Waals surface area contributed by atoms with Crippen molar-refractivity contribution in [3.8, 4) is 5.75 Å². The minimum atomic E-state index is 0.104. The number of nitrogens with zero attached hydrogens (tertiary/aromatic N) is 2. The van der Waals surface area contributed by atoms with Gasteiger partial charge in [-0.1, -0.05) is 17.7 Å². The molecule has 0 aliphatic heterocycles. The standard InChI is InChI=1S/C12H9ClN2O/c13-10-5-4-9(11(16)7-10)8-15-12-3-1-2-6-14-12/h1-8,16H/b15-8+. The maximum Gasteiger partial charge on any atom is 0.151 e. The first-order valence-electron chi connectivity index (χ1n) is 4.69. The Morgan fingerprint density at radius 1 is 1.25 bits per heavy atom. The molecule has 0 saturated carbocycles. The van der Waals surface area contributed by atoms with Crippen molar-refractivity contribution >= 4 is 23.6 Å². The van der Waals surface area contributed by atoms with Gasteiger partial charge in [-0.3, -0.25) is 0 Å². The molecule has 3 nitrogen and oxygen atoms in total. The number of benzene rings is 1. The Labute approximate surface area is 98.1 Å². The van der Waals surface area contributed by atoms with Gasteiger partial charge in [-0.25, -0.2) is 9.98 Å². The van der Waals surface area contributed by atoms with Gasteiger partial charge in [0.1, 0.15) is 5.75 Å². The summed E-state index contributed by atoms with van der Waals surface area (Å²) in [5.74, 6) is 0.698. The third kappa shape index (κ3) is 2.58. The molecule has 4 heteroatoms. The second kappa shape index (κ2) is 4.77. The van der Waals surface area contributed by atoms with Crippen molar-refractivity contribution in [2.75, 3.05) is 0 Å². The van der Waals surface area contributed by atoms with E-state index in [1.807, 2.05) is 12.1 Å². The molecule has 2 rings (SSSR count). The van der Waals surface area contributed by atoms with Crippen LogP contribution in [-0.4, -0.2) is 16.3 Å². The molecule has 0 amide bonds. The molecule has 0 aliphatic carbocycles. The van der Waals surface area contributed by atoms with Gasteiger partial charge in [0.05, 0.1) is 0 Å². The number of phenolic OH excluding ortho intramolecular Hbond substituents is 1. The van der Waals surface area contributed by atoms with Crippen molar-refractivity contribution < 1.29 is 5.11 Å². The lowest BCUT2D eigenvalue weighted by molar-refractivity contribution is 0.474. The van der Waals surface area contributed by atoms with Crippen LogP contribution in [0.1, 0.15) is 5.56 Å². The van der Waals surface area contributed by atoms with Crippen LogP contribution in [0, 0.1) is 0 Å². The molecule has 0 unspecified atom stereocenters. The van der Waals surface area contributed by atoms with Crippen molar-refractivity contribution in [3.05, 3.63) is 53.2 Å². The summed E-state index contributed by atoms with van der Waals surface area (Å²) in [6.45, 7) is 0. The van der Waals surface area contributed by atoms with Crippen LogP contribution in [-0.2, 0) is 0 Å². The fraction of sp³-hybridized carbons (Fsp3) is 0. The fourth-order valence-electron chi connectivity index (χ4n) is 1.19. The van der Waals surface area contributed by atoms with E-state index < -0.39 is 0 Å². The number of aromatic nitrogens is 1. The summed E-state index contributed by atoms with van der Waals surface area (Å²) in [6, 6.07) is 10.3. The highest BCUT2D eigenvalue weighted by atomic mass is 35.5. The van der Waals surface area contributed by atoms with Gasteiger partial charge in [0.25, 0.3) is 0 Å². The highest BCUT2D eigenvalue weighted by molar-refractivity contribution is 6.30. The molecule has 0 fully saturated rings. The predicted molar refractivity (Wildman–Crippen MR) is 64.6 cm³/mol. The molecule has 2 aromatic rings. The SMILES string of the molecule is Oc1cc(Cl)ccc1/C=N/c1ccccn1. The Bertz CT molecular complexity index is 512. The van der Waals surface area contributed by atoms with E-state index in [2.05, 4.69) is 9.98 Å². The smallest absolute Gasteiger partial charge is 0.151 e. The van der Waals surface area contributed by atoms with Crippen molar-refractivity contribution in [2.45, 2.75) is 0 Å². The lowest BCUT2D eigenvalue weighted by atomic mass is 10.2. The molecule has 80 valence electrons. The van der Waals surface area contributed by atoms with E-state index in [1.54, 1.807) is 30.6 Å². The van der Waals surface area contributed by atoms with Crippen molar-refractivity contribution in [2.24, 2.45) is 4.99 Å². The topological polar surface area (TPSA) is 45.5 Å². The number of rotatable bonds is 2. The first kappa shape index (κ1) is 10.6. The molecule has 0 saturated heterocycles. The average Bonchev–Trinajstić information content (AvgIpc) is 2.29. The minimum Gasteiger partial charge on any atom is -0.507 e. The summed E-state index contributed by atoms with van der Waals surface area (Å²) in [7, 11) is 0. The zero-order valence-corrected chi connectivity index (χ0v) is 9.09. The van der Waals surface area contributed by atoms with Crippen LogP contribution in [0.25, 0.3) is 0 Å². The largest absolute Gasteiger partial charge is 0.507 e. The molecule has 1 N–H and O–H groups in total. The average molecular weight is 233 g/mol.